The minimum Gasteiger partial charge on any atom is -0.342 e. The van der Waals surface area contributed by atoms with Gasteiger partial charge in [0.1, 0.15) is 0 Å². The minimum absolute atomic E-state index is 0.213. The molecule has 4 heteroatoms. The van der Waals surface area contributed by atoms with E-state index in [1.165, 1.54) is 16.7 Å². The zero-order chi connectivity index (χ0) is 16.6. The number of aromatic nitrogens is 2. The van der Waals surface area contributed by atoms with Gasteiger partial charge in [-0.3, -0.25) is 9.89 Å². The summed E-state index contributed by atoms with van der Waals surface area (Å²) in [5, 5.41) is 7.14. The van der Waals surface area contributed by atoms with Crippen molar-refractivity contribution in [3.63, 3.8) is 0 Å². The first kappa shape index (κ1) is 15.8. The Kier molecular flexibility index (Phi) is 4.24. The number of aryl methyl sites for hydroxylation is 4. The van der Waals surface area contributed by atoms with Gasteiger partial charge in [0, 0.05) is 30.3 Å². The lowest BCUT2D eigenvalue weighted by Crippen LogP contribution is -2.30. The van der Waals surface area contributed by atoms with Crippen molar-refractivity contribution in [2.24, 2.45) is 0 Å². The number of hydrogen-bond donors (Lipinski definition) is 1. The monoisotopic (exact) mass is 311 g/mol. The molecule has 1 saturated heterocycles. The summed E-state index contributed by atoms with van der Waals surface area (Å²) >= 11 is 0. The van der Waals surface area contributed by atoms with E-state index in [-0.39, 0.29) is 5.91 Å². The molecule has 0 saturated carbocycles. The fourth-order valence-electron chi connectivity index (χ4n) is 3.62. The van der Waals surface area contributed by atoms with Gasteiger partial charge in [0.05, 0.1) is 12.1 Å². The van der Waals surface area contributed by atoms with Crippen LogP contribution in [0.25, 0.3) is 0 Å². The fourth-order valence-corrected chi connectivity index (χ4v) is 3.62. The van der Waals surface area contributed by atoms with Crippen molar-refractivity contribution in [3.05, 3.63) is 51.8 Å². The lowest BCUT2D eigenvalue weighted by Gasteiger charge is -2.18. The van der Waals surface area contributed by atoms with Crippen LogP contribution in [0.15, 0.2) is 18.2 Å². The summed E-state index contributed by atoms with van der Waals surface area (Å²) in [5.74, 6) is 0.677. The summed E-state index contributed by atoms with van der Waals surface area (Å²) in [6, 6.07) is 6.64. The third-order valence-electron chi connectivity index (χ3n) is 5.01. The maximum absolute atomic E-state index is 12.6. The van der Waals surface area contributed by atoms with Crippen LogP contribution < -0.4 is 0 Å². The maximum atomic E-state index is 12.6. The Morgan fingerprint density at radius 3 is 2.74 bits per heavy atom. The van der Waals surface area contributed by atoms with E-state index in [1.807, 2.05) is 18.7 Å². The number of carbonyl (C=O) groups excluding carboxylic acids is 1. The van der Waals surface area contributed by atoms with Crippen LogP contribution in [0, 0.1) is 27.7 Å². The number of benzene rings is 1. The Morgan fingerprint density at radius 1 is 1.30 bits per heavy atom. The predicted octanol–water partition coefficient (Wildman–Crippen LogP) is 3.20. The molecular formula is C19H25N3O. The molecule has 0 bridgehead atoms. The van der Waals surface area contributed by atoms with Crippen molar-refractivity contribution in [3.8, 4) is 0 Å². The highest BCUT2D eigenvalue weighted by Gasteiger charge is 2.28. The van der Waals surface area contributed by atoms with E-state index < -0.39 is 0 Å². The van der Waals surface area contributed by atoms with Crippen LogP contribution in [-0.4, -0.2) is 34.1 Å². The Bertz CT molecular complexity index is 713. The van der Waals surface area contributed by atoms with Gasteiger partial charge in [-0.2, -0.15) is 5.10 Å². The summed E-state index contributed by atoms with van der Waals surface area (Å²) in [7, 11) is 0. The molecule has 2 heterocycles. The standard InChI is InChI=1S/C19H25N3O/c1-12-5-6-17(13(2)9-12)16-7-8-22(11-16)19(23)10-18-14(3)20-21-15(18)4/h5-6,9,16H,7-8,10-11H2,1-4H3,(H,20,21)/t16-/m0/s1. The van der Waals surface area contributed by atoms with Crippen LogP contribution in [0.5, 0.6) is 0 Å². The Balaban J connectivity index is 1.68. The molecule has 0 spiro atoms. The molecule has 122 valence electrons. The van der Waals surface area contributed by atoms with Gasteiger partial charge in [-0.25, -0.2) is 0 Å². The zero-order valence-electron chi connectivity index (χ0n) is 14.4. The van der Waals surface area contributed by atoms with Crippen LogP contribution in [0.1, 0.15) is 46.0 Å². The average Bonchev–Trinajstić information content (AvgIpc) is 3.09. The molecule has 0 radical (unpaired) electrons. The molecule has 0 unspecified atom stereocenters. The molecule has 1 fully saturated rings. The minimum atomic E-state index is 0.213. The first-order chi connectivity index (χ1) is 11.0. The van der Waals surface area contributed by atoms with Crippen molar-refractivity contribution in [1.29, 1.82) is 0 Å². The number of nitrogens with one attached hydrogen (secondary N) is 1. The van der Waals surface area contributed by atoms with Gasteiger partial charge in [-0.1, -0.05) is 23.8 Å². The van der Waals surface area contributed by atoms with E-state index >= 15 is 0 Å². The molecular weight excluding hydrogens is 286 g/mol. The summed E-state index contributed by atoms with van der Waals surface area (Å²) < 4.78 is 0. The Labute approximate surface area is 137 Å². The molecule has 1 aliphatic heterocycles. The number of nitrogens with zero attached hydrogens (tertiary/aromatic N) is 2. The largest absolute Gasteiger partial charge is 0.342 e. The van der Waals surface area contributed by atoms with E-state index in [1.54, 1.807) is 0 Å². The second-order valence-electron chi connectivity index (χ2n) is 6.77. The molecule has 0 aliphatic carbocycles. The molecule has 1 atom stereocenters. The average molecular weight is 311 g/mol. The first-order valence-electron chi connectivity index (χ1n) is 8.31. The van der Waals surface area contributed by atoms with Gasteiger partial charge in [-0.05, 0) is 45.2 Å². The molecule has 1 aromatic heterocycles. The topological polar surface area (TPSA) is 49.0 Å². The van der Waals surface area contributed by atoms with Crippen molar-refractivity contribution in [2.45, 2.75) is 46.5 Å². The molecule has 1 aromatic carbocycles. The SMILES string of the molecule is Cc1ccc([C@H]2CCN(C(=O)Cc3c(C)n[nH]c3C)C2)c(C)c1. The number of rotatable bonds is 3. The van der Waals surface area contributed by atoms with Crippen LogP contribution in [0.2, 0.25) is 0 Å². The summed E-state index contributed by atoms with van der Waals surface area (Å²) in [6.07, 6.45) is 1.51. The third-order valence-corrected chi connectivity index (χ3v) is 5.01. The highest BCUT2D eigenvalue weighted by atomic mass is 16.2. The molecule has 4 nitrogen and oxygen atoms in total. The van der Waals surface area contributed by atoms with E-state index in [2.05, 4.69) is 42.2 Å². The smallest absolute Gasteiger partial charge is 0.227 e. The van der Waals surface area contributed by atoms with Crippen LogP contribution in [-0.2, 0) is 11.2 Å². The van der Waals surface area contributed by atoms with Gasteiger partial charge in [0.15, 0.2) is 0 Å². The molecule has 3 rings (SSSR count). The molecule has 1 aliphatic rings. The summed E-state index contributed by atoms with van der Waals surface area (Å²) in [6.45, 7) is 9.91. The number of carbonyl (C=O) groups is 1. The summed E-state index contributed by atoms with van der Waals surface area (Å²) in [4.78, 5) is 14.6. The van der Waals surface area contributed by atoms with Gasteiger partial charge in [-0.15, -0.1) is 0 Å². The van der Waals surface area contributed by atoms with Crippen molar-refractivity contribution in [2.75, 3.05) is 13.1 Å². The maximum Gasteiger partial charge on any atom is 0.227 e. The third kappa shape index (κ3) is 3.16. The number of hydrogen-bond acceptors (Lipinski definition) is 2. The van der Waals surface area contributed by atoms with E-state index in [4.69, 9.17) is 0 Å². The van der Waals surface area contributed by atoms with Crippen LogP contribution >= 0.6 is 0 Å². The van der Waals surface area contributed by atoms with E-state index in [0.29, 0.717) is 12.3 Å². The van der Waals surface area contributed by atoms with Crippen LogP contribution in [0.3, 0.4) is 0 Å². The highest BCUT2D eigenvalue weighted by molar-refractivity contribution is 5.79. The number of aromatic amines is 1. The lowest BCUT2D eigenvalue weighted by atomic mass is 9.93. The first-order valence-corrected chi connectivity index (χ1v) is 8.31. The Morgan fingerprint density at radius 2 is 2.09 bits per heavy atom. The summed E-state index contributed by atoms with van der Waals surface area (Å²) in [5.41, 5.74) is 7.00. The van der Waals surface area contributed by atoms with E-state index in [9.17, 15) is 4.79 Å². The second kappa shape index (κ2) is 6.19. The second-order valence-corrected chi connectivity index (χ2v) is 6.77. The van der Waals surface area contributed by atoms with E-state index in [0.717, 1.165) is 36.5 Å². The normalized spacial score (nSPS) is 17.7. The van der Waals surface area contributed by atoms with Gasteiger partial charge in [0.25, 0.3) is 0 Å². The zero-order valence-corrected chi connectivity index (χ0v) is 14.4. The quantitative estimate of drug-likeness (QED) is 0.946. The molecule has 1 N–H and O–H groups in total. The number of likely N-dealkylation sites (tertiary alicyclic amines) is 1. The lowest BCUT2D eigenvalue weighted by molar-refractivity contribution is -0.129. The number of H-pyrrole nitrogens is 1. The van der Waals surface area contributed by atoms with Crippen molar-refractivity contribution in [1.82, 2.24) is 15.1 Å². The van der Waals surface area contributed by atoms with Crippen molar-refractivity contribution < 1.29 is 4.79 Å². The molecule has 2 aromatic rings. The van der Waals surface area contributed by atoms with Crippen molar-refractivity contribution >= 4 is 5.91 Å². The highest BCUT2D eigenvalue weighted by Crippen LogP contribution is 2.30. The van der Waals surface area contributed by atoms with Gasteiger partial charge >= 0.3 is 0 Å². The van der Waals surface area contributed by atoms with Gasteiger partial charge < -0.3 is 4.90 Å². The fraction of sp³-hybridized carbons (Fsp3) is 0.474. The predicted molar refractivity (Wildman–Crippen MR) is 91.6 cm³/mol. The Hall–Kier alpha value is -2.10. The van der Waals surface area contributed by atoms with Gasteiger partial charge in [0.2, 0.25) is 5.91 Å². The molecule has 23 heavy (non-hydrogen) atoms. The van der Waals surface area contributed by atoms with Crippen LogP contribution in [0.4, 0.5) is 0 Å². The number of amides is 1. The molecule has 1 amide bonds.